The van der Waals surface area contributed by atoms with Crippen LogP contribution in [0.4, 0.5) is 0 Å². The minimum Gasteiger partial charge on any atom is -0.399 e. The molecule has 0 bridgehead atoms. The van der Waals surface area contributed by atoms with Crippen molar-refractivity contribution in [2.75, 3.05) is 0 Å². The average molecular weight is 492 g/mol. The fourth-order valence-electron chi connectivity index (χ4n) is 6.97. The van der Waals surface area contributed by atoms with E-state index >= 15 is 0 Å². The lowest BCUT2D eigenvalue weighted by Gasteiger charge is -2.32. The van der Waals surface area contributed by atoms with Crippen molar-refractivity contribution in [1.29, 1.82) is 0 Å². The monoisotopic (exact) mass is 492 g/mol. The highest BCUT2D eigenvalue weighted by molar-refractivity contribution is 6.62. The summed E-state index contributed by atoms with van der Waals surface area (Å²) in [6, 6.07) is 38.3. The van der Waals surface area contributed by atoms with Crippen LogP contribution in [0.3, 0.4) is 0 Å². The van der Waals surface area contributed by atoms with Gasteiger partial charge in [-0.15, -0.1) is 0 Å². The van der Waals surface area contributed by atoms with Gasteiger partial charge in [-0.05, 0) is 101 Å². The van der Waals surface area contributed by atoms with E-state index in [4.69, 9.17) is 9.31 Å². The second-order valence-corrected chi connectivity index (χ2v) is 12.0. The molecule has 1 saturated heterocycles. The number of rotatable bonds is 1. The van der Waals surface area contributed by atoms with Gasteiger partial charge in [-0.25, -0.2) is 0 Å². The fourth-order valence-corrected chi connectivity index (χ4v) is 6.97. The van der Waals surface area contributed by atoms with Gasteiger partial charge in [0.2, 0.25) is 0 Å². The maximum Gasteiger partial charge on any atom is 0.494 e. The van der Waals surface area contributed by atoms with Crippen molar-refractivity contribution in [3.63, 3.8) is 0 Å². The van der Waals surface area contributed by atoms with Crippen LogP contribution in [0.1, 0.15) is 49.9 Å². The largest absolute Gasteiger partial charge is 0.494 e. The van der Waals surface area contributed by atoms with E-state index in [0.717, 1.165) is 5.46 Å². The first-order chi connectivity index (χ1) is 18.3. The number of benzene rings is 5. The molecule has 8 rings (SSSR count). The zero-order chi connectivity index (χ0) is 25.9. The number of hydrogen-bond donors (Lipinski definition) is 0. The van der Waals surface area contributed by atoms with Gasteiger partial charge in [-0.2, -0.15) is 0 Å². The molecule has 2 nitrogen and oxygen atoms in total. The van der Waals surface area contributed by atoms with Crippen LogP contribution >= 0.6 is 0 Å². The molecule has 5 aromatic carbocycles. The Balaban J connectivity index is 1.45. The molecule has 1 atom stereocenters. The molecule has 0 saturated carbocycles. The summed E-state index contributed by atoms with van der Waals surface area (Å²) >= 11 is 0. The molecule has 0 N–H and O–H groups in total. The molecule has 1 spiro atoms. The van der Waals surface area contributed by atoms with Gasteiger partial charge in [0.1, 0.15) is 0 Å². The Morgan fingerprint density at radius 1 is 0.474 bits per heavy atom. The topological polar surface area (TPSA) is 18.5 Å². The van der Waals surface area contributed by atoms with Crippen molar-refractivity contribution in [1.82, 2.24) is 0 Å². The van der Waals surface area contributed by atoms with Crippen LogP contribution in [0.25, 0.3) is 33.0 Å². The molecular weight excluding hydrogens is 463 g/mol. The van der Waals surface area contributed by atoms with E-state index in [9.17, 15) is 0 Å². The van der Waals surface area contributed by atoms with E-state index in [1.54, 1.807) is 0 Å². The van der Waals surface area contributed by atoms with Crippen molar-refractivity contribution >= 4 is 23.4 Å². The molecule has 1 aliphatic heterocycles. The van der Waals surface area contributed by atoms with E-state index in [0.29, 0.717) is 0 Å². The molecule has 3 heteroatoms. The van der Waals surface area contributed by atoms with Gasteiger partial charge >= 0.3 is 7.12 Å². The number of hydrogen-bond acceptors (Lipinski definition) is 2. The second kappa shape index (κ2) is 7.25. The molecule has 1 heterocycles. The van der Waals surface area contributed by atoms with Crippen LogP contribution in [-0.2, 0) is 14.7 Å². The van der Waals surface area contributed by atoms with Crippen LogP contribution in [0.15, 0.2) is 103 Å². The molecule has 3 aliphatic rings. The van der Waals surface area contributed by atoms with Crippen LogP contribution < -0.4 is 5.46 Å². The fraction of sp³-hybridized carbons (Fsp3) is 0.200. The molecule has 0 aromatic heterocycles. The summed E-state index contributed by atoms with van der Waals surface area (Å²) in [6.07, 6.45) is 0. The van der Waals surface area contributed by atoms with Crippen molar-refractivity contribution in [3.8, 4) is 22.3 Å². The summed E-state index contributed by atoms with van der Waals surface area (Å²) in [5.41, 5.74) is 10.5. The van der Waals surface area contributed by atoms with Gasteiger partial charge < -0.3 is 9.31 Å². The summed E-state index contributed by atoms with van der Waals surface area (Å²) in [7, 11) is -0.404. The second-order valence-electron chi connectivity index (χ2n) is 12.0. The summed E-state index contributed by atoms with van der Waals surface area (Å²) < 4.78 is 13.0. The molecule has 5 aromatic rings. The Morgan fingerprint density at radius 2 is 0.974 bits per heavy atom. The molecule has 184 valence electrons. The van der Waals surface area contributed by atoms with Gasteiger partial charge in [0.25, 0.3) is 0 Å². The third-order valence-corrected chi connectivity index (χ3v) is 9.51. The third kappa shape index (κ3) is 2.66. The molecule has 0 radical (unpaired) electrons. The molecule has 0 amide bonds. The van der Waals surface area contributed by atoms with E-state index in [2.05, 4.69) is 131 Å². The highest BCUT2D eigenvalue weighted by Gasteiger charge is 2.54. The third-order valence-electron chi connectivity index (χ3n) is 9.51. The zero-order valence-corrected chi connectivity index (χ0v) is 22.2. The Bertz CT molecular complexity index is 1780. The quantitative estimate of drug-likeness (QED) is 0.221. The average Bonchev–Trinajstić information content (AvgIpc) is 3.46. The van der Waals surface area contributed by atoms with Gasteiger partial charge in [0.05, 0.1) is 16.6 Å². The minimum absolute atomic E-state index is 0.386. The van der Waals surface area contributed by atoms with Crippen LogP contribution in [0.2, 0.25) is 0 Å². The maximum absolute atomic E-state index is 6.51. The summed E-state index contributed by atoms with van der Waals surface area (Å²) in [4.78, 5) is 0. The first-order valence-corrected chi connectivity index (χ1v) is 13.5. The maximum atomic E-state index is 6.51. The Hall–Kier alpha value is -3.66. The smallest absolute Gasteiger partial charge is 0.399 e. The Morgan fingerprint density at radius 3 is 1.63 bits per heavy atom. The van der Waals surface area contributed by atoms with E-state index in [1.807, 2.05) is 0 Å². The molecule has 1 fully saturated rings. The van der Waals surface area contributed by atoms with E-state index in [1.165, 1.54) is 55.3 Å². The van der Waals surface area contributed by atoms with Gasteiger partial charge in [0.15, 0.2) is 0 Å². The predicted octanol–water partition coefficient (Wildman–Crippen LogP) is 7.48. The standard InChI is InChI=1S/C35H29BO2/c1-33(2)34(3,4)38-36(37-33)24-17-18-27-25-13-7-9-15-29(25)35(32(27)21-24)30-16-10-8-14-26(30)28-19-22-11-5-6-12-23(22)20-31(28)35/h5-21H,1-4H3. The summed E-state index contributed by atoms with van der Waals surface area (Å²) in [5, 5.41) is 2.54. The highest BCUT2D eigenvalue weighted by Crippen LogP contribution is 2.63. The van der Waals surface area contributed by atoms with Gasteiger partial charge in [-0.1, -0.05) is 91.0 Å². The van der Waals surface area contributed by atoms with Crippen LogP contribution in [0.5, 0.6) is 0 Å². The SMILES string of the molecule is CC1(C)OB(c2ccc3c(c2)C2(c4ccccc4-3)c3ccccc3-c3cc4ccccc4cc32)OC1(C)C. The van der Waals surface area contributed by atoms with Crippen molar-refractivity contribution in [3.05, 3.63) is 125 Å². The Labute approximate surface area is 224 Å². The van der Waals surface area contributed by atoms with Gasteiger partial charge in [-0.3, -0.25) is 0 Å². The predicted molar refractivity (Wildman–Crippen MR) is 156 cm³/mol. The van der Waals surface area contributed by atoms with Crippen molar-refractivity contribution < 1.29 is 9.31 Å². The molecule has 38 heavy (non-hydrogen) atoms. The van der Waals surface area contributed by atoms with Crippen molar-refractivity contribution in [2.45, 2.75) is 44.3 Å². The lowest BCUT2D eigenvalue weighted by molar-refractivity contribution is 0.00578. The Kier molecular flexibility index (Phi) is 4.26. The molecular formula is C35H29BO2. The summed E-state index contributed by atoms with van der Waals surface area (Å²) in [5.74, 6) is 0. The van der Waals surface area contributed by atoms with E-state index < -0.39 is 7.12 Å². The first-order valence-electron chi connectivity index (χ1n) is 13.5. The highest BCUT2D eigenvalue weighted by atomic mass is 16.7. The minimum atomic E-state index is -0.404. The summed E-state index contributed by atoms with van der Waals surface area (Å²) in [6.45, 7) is 8.47. The lowest BCUT2D eigenvalue weighted by Crippen LogP contribution is -2.41. The van der Waals surface area contributed by atoms with Crippen LogP contribution in [0, 0.1) is 0 Å². The first kappa shape index (κ1) is 22.3. The van der Waals surface area contributed by atoms with Gasteiger partial charge in [0, 0.05) is 0 Å². The molecule has 1 unspecified atom stereocenters. The van der Waals surface area contributed by atoms with Crippen molar-refractivity contribution in [2.24, 2.45) is 0 Å². The van der Waals surface area contributed by atoms with E-state index in [-0.39, 0.29) is 16.6 Å². The zero-order valence-electron chi connectivity index (χ0n) is 22.2. The molecule has 2 aliphatic carbocycles. The van der Waals surface area contributed by atoms with Crippen LogP contribution in [-0.4, -0.2) is 18.3 Å². The normalized spacial score (nSPS) is 21.4. The number of fused-ring (bicyclic) bond motifs is 11. The lowest BCUT2D eigenvalue weighted by atomic mass is 9.68.